The highest BCUT2D eigenvalue weighted by atomic mass is 16.2. The van der Waals surface area contributed by atoms with Gasteiger partial charge in [0.05, 0.1) is 18.1 Å². The van der Waals surface area contributed by atoms with Gasteiger partial charge in [-0.1, -0.05) is 23.4 Å². The zero-order chi connectivity index (χ0) is 20.4. The van der Waals surface area contributed by atoms with E-state index in [1.165, 1.54) is 4.68 Å². The highest BCUT2D eigenvalue weighted by Crippen LogP contribution is 2.18. The van der Waals surface area contributed by atoms with Crippen LogP contribution in [0.5, 0.6) is 0 Å². The lowest BCUT2D eigenvalue weighted by molar-refractivity contribution is 0.0620. The summed E-state index contributed by atoms with van der Waals surface area (Å²) < 4.78 is 3.00. The highest BCUT2D eigenvalue weighted by Gasteiger charge is 2.31. The van der Waals surface area contributed by atoms with Crippen LogP contribution in [-0.2, 0) is 0 Å². The Kier molecular flexibility index (Phi) is 5.10. The smallest absolute Gasteiger partial charge is 0.276 e. The topological polar surface area (TPSA) is 105 Å². The number of carbonyl (C=O) groups excluding carboxylic acids is 1. The molecule has 3 heterocycles. The Morgan fingerprint density at radius 3 is 2.72 bits per heavy atom. The van der Waals surface area contributed by atoms with Crippen LogP contribution in [0.4, 0.5) is 0 Å². The molecule has 9 nitrogen and oxygen atoms in total. The van der Waals surface area contributed by atoms with Gasteiger partial charge in [-0.05, 0) is 38.9 Å². The van der Waals surface area contributed by atoms with Gasteiger partial charge in [-0.25, -0.2) is 4.68 Å². The van der Waals surface area contributed by atoms with Crippen LogP contribution in [-0.4, -0.2) is 60.8 Å². The molecule has 0 spiro atoms. The molecule has 0 bridgehead atoms. The molecule has 3 aromatic rings. The number of nitrogens with zero attached hydrogens (tertiary/aromatic N) is 7. The Bertz CT molecular complexity index is 1040. The molecule has 0 saturated carbocycles. The number of amides is 1. The zero-order valence-corrected chi connectivity index (χ0v) is 16.4. The average Bonchev–Trinajstić information content (AvgIpc) is 3.48. The van der Waals surface area contributed by atoms with Gasteiger partial charge in [-0.2, -0.15) is 9.94 Å². The number of hydrogen-bond acceptors (Lipinski definition) is 6. The summed E-state index contributed by atoms with van der Waals surface area (Å²) in [7, 11) is 0. The fourth-order valence-electron chi connectivity index (χ4n) is 3.62. The minimum atomic E-state index is -0.166. The minimum absolute atomic E-state index is 0.0458. The lowest BCUT2D eigenvalue weighted by Gasteiger charge is -2.31. The van der Waals surface area contributed by atoms with Gasteiger partial charge in [0.25, 0.3) is 5.91 Å². The SMILES string of the molecule is CC(C)N(C(=O)c1cn(-c2nn(-c3ccccc3)cc2C#N)nn1)[C@H]1CCNC1. The third kappa shape index (κ3) is 3.62. The van der Waals surface area contributed by atoms with Crippen LogP contribution < -0.4 is 5.32 Å². The largest absolute Gasteiger partial charge is 0.330 e. The minimum Gasteiger partial charge on any atom is -0.330 e. The van der Waals surface area contributed by atoms with Crippen LogP contribution in [0.25, 0.3) is 11.5 Å². The highest BCUT2D eigenvalue weighted by molar-refractivity contribution is 5.92. The Labute approximate surface area is 168 Å². The maximum Gasteiger partial charge on any atom is 0.276 e. The van der Waals surface area contributed by atoms with Gasteiger partial charge in [0, 0.05) is 18.6 Å². The molecule has 29 heavy (non-hydrogen) atoms. The molecule has 4 rings (SSSR count). The van der Waals surface area contributed by atoms with Crippen molar-refractivity contribution >= 4 is 5.91 Å². The second-order valence-electron chi connectivity index (χ2n) is 7.26. The molecule has 1 amide bonds. The fraction of sp³-hybridized carbons (Fsp3) is 0.350. The van der Waals surface area contributed by atoms with Crippen molar-refractivity contribution < 1.29 is 4.79 Å². The van der Waals surface area contributed by atoms with Crippen molar-refractivity contribution in [3.63, 3.8) is 0 Å². The number of nitrogens with one attached hydrogen (secondary N) is 1. The molecule has 1 aliphatic heterocycles. The molecule has 0 radical (unpaired) electrons. The third-order valence-electron chi connectivity index (χ3n) is 4.98. The molecule has 1 fully saturated rings. The van der Waals surface area contributed by atoms with E-state index in [9.17, 15) is 10.1 Å². The van der Waals surface area contributed by atoms with Gasteiger partial charge in [0.15, 0.2) is 11.5 Å². The molecular formula is C20H22N8O. The monoisotopic (exact) mass is 390 g/mol. The second kappa shape index (κ2) is 7.85. The maximum atomic E-state index is 13.1. The maximum absolute atomic E-state index is 13.1. The number of hydrogen-bond donors (Lipinski definition) is 1. The fourth-order valence-corrected chi connectivity index (χ4v) is 3.62. The quantitative estimate of drug-likeness (QED) is 0.709. The standard InChI is InChI=1S/C20H22N8O/c1-14(2)28(17-8-9-22-11-17)20(29)18-13-27(25-23-18)19-15(10-21)12-26(24-19)16-6-4-3-5-7-16/h3-7,12-14,17,22H,8-9,11H2,1-2H3/t17-/m0/s1. The number of benzene rings is 1. The van der Waals surface area contributed by atoms with Crippen LogP contribution in [0.15, 0.2) is 42.7 Å². The summed E-state index contributed by atoms with van der Waals surface area (Å²) in [6, 6.07) is 11.8. The van der Waals surface area contributed by atoms with Gasteiger partial charge >= 0.3 is 0 Å². The van der Waals surface area contributed by atoms with Gasteiger partial charge in [0.2, 0.25) is 0 Å². The molecular weight excluding hydrogens is 368 g/mol. The van der Waals surface area contributed by atoms with Crippen molar-refractivity contribution in [1.82, 2.24) is 35.0 Å². The summed E-state index contributed by atoms with van der Waals surface area (Å²) in [6.45, 7) is 5.67. The van der Waals surface area contributed by atoms with Crippen LogP contribution in [0.2, 0.25) is 0 Å². The number of aromatic nitrogens is 5. The molecule has 0 aliphatic carbocycles. The van der Waals surface area contributed by atoms with E-state index in [1.807, 2.05) is 49.1 Å². The number of nitriles is 1. The van der Waals surface area contributed by atoms with Crippen LogP contribution in [0.3, 0.4) is 0 Å². The summed E-state index contributed by atoms with van der Waals surface area (Å²) in [5.74, 6) is 0.169. The van der Waals surface area contributed by atoms with Crippen molar-refractivity contribution in [3.05, 3.63) is 54.0 Å². The normalized spacial score (nSPS) is 16.1. The van der Waals surface area contributed by atoms with Crippen molar-refractivity contribution in [2.45, 2.75) is 32.4 Å². The first-order chi connectivity index (χ1) is 14.1. The van der Waals surface area contributed by atoms with Gasteiger partial charge in [-0.3, -0.25) is 4.79 Å². The number of para-hydroxylation sites is 1. The number of carbonyl (C=O) groups is 1. The summed E-state index contributed by atoms with van der Waals surface area (Å²) >= 11 is 0. The average molecular weight is 390 g/mol. The van der Waals surface area contributed by atoms with Crippen LogP contribution in [0, 0.1) is 11.3 Å². The Morgan fingerprint density at radius 1 is 1.28 bits per heavy atom. The van der Waals surface area contributed by atoms with E-state index in [2.05, 4.69) is 26.8 Å². The summed E-state index contributed by atoms with van der Waals surface area (Å²) in [6.07, 6.45) is 4.09. The van der Waals surface area contributed by atoms with E-state index in [0.717, 1.165) is 25.2 Å². The first-order valence-corrected chi connectivity index (χ1v) is 9.59. The summed E-state index contributed by atoms with van der Waals surface area (Å²) in [5, 5.41) is 25.4. The first kappa shape index (κ1) is 18.8. The molecule has 9 heteroatoms. The summed E-state index contributed by atoms with van der Waals surface area (Å²) in [5.41, 5.74) is 1.41. The lowest BCUT2D eigenvalue weighted by atomic mass is 10.1. The Morgan fingerprint density at radius 2 is 2.07 bits per heavy atom. The van der Waals surface area contributed by atoms with E-state index >= 15 is 0 Å². The molecule has 1 N–H and O–H groups in total. The van der Waals surface area contributed by atoms with Crippen LogP contribution in [0.1, 0.15) is 36.3 Å². The zero-order valence-electron chi connectivity index (χ0n) is 16.4. The van der Waals surface area contributed by atoms with Crippen molar-refractivity contribution in [3.8, 4) is 17.6 Å². The van der Waals surface area contributed by atoms with Crippen molar-refractivity contribution in [2.75, 3.05) is 13.1 Å². The lowest BCUT2D eigenvalue weighted by Crippen LogP contribution is -2.46. The van der Waals surface area contributed by atoms with Crippen LogP contribution >= 0.6 is 0 Å². The molecule has 1 atom stereocenters. The predicted molar refractivity (Wildman–Crippen MR) is 106 cm³/mol. The molecule has 1 saturated heterocycles. The van der Waals surface area contributed by atoms with E-state index < -0.39 is 0 Å². The first-order valence-electron chi connectivity index (χ1n) is 9.59. The van der Waals surface area contributed by atoms with E-state index in [0.29, 0.717) is 11.4 Å². The molecule has 1 aromatic carbocycles. The van der Waals surface area contributed by atoms with Crippen molar-refractivity contribution in [2.24, 2.45) is 0 Å². The molecule has 148 valence electrons. The molecule has 1 aliphatic rings. The number of rotatable bonds is 5. The van der Waals surface area contributed by atoms with Gasteiger partial charge in [-0.15, -0.1) is 10.2 Å². The predicted octanol–water partition coefficient (Wildman–Crippen LogP) is 1.54. The Balaban J connectivity index is 1.64. The molecule has 0 unspecified atom stereocenters. The summed E-state index contributed by atoms with van der Waals surface area (Å²) in [4.78, 5) is 14.9. The molecule has 2 aromatic heterocycles. The van der Waals surface area contributed by atoms with E-state index in [4.69, 9.17) is 0 Å². The third-order valence-corrected chi connectivity index (χ3v) is 4.98. The Hall–Kier alpha value is -3.51. The van der Waals surface area contributed by atoms with E-state index in [1.54, 1.807) is 17.1 Å². The van der Waals surface area contributed by atoms with Gasteiger partial charge in [0.1, 0.15) is 11.6 Å². The van der Waals surface area contributed by atoms with Crippen molar-refractivity contribution in [1.29, 1.82) is 5.26 Å². The second-order valence-corrected chi connectivity index (χ2v) is 7.26. The van der Waals surface area contributed by atoms with Gasteiger partial charge < -0.3 is 10.2 Å². The van der Waals surface area contributed by atoms with E-state index in [-0.39, 0.29) is 23.7 Å².